The van der Waals surface area contributed by atoms with Crippen LogP contribution in [0.1, 0.15) is 31.6 Å². The molecule has 2 saturated heterocycles. The van der Waals surface area contributed by atoms with E-state index in [0.717, 1.165) is 57.6 Å². The molecule has 6 nitrogen and oxygen atoms in total. The molecular formula is C17H23N3O3S. The molecule has 0 aliphatic carbocycles. The Balaban J connectivity index is 1.41. The second-order valence-corrected chi connectivity index (χ2v) is 7.27. The SMILES string of the molecule is c1cc(-c2noc(CN(C[C@H]3CCCO3)C[C@H]3CCCO3)n2)cs1. The molecule has 4 heterocycles. The Bertz CT molecular complexity index is 601. The first-order valence-corrected chi connectivity index (χ1v) is 9.62. The Morgan fingerprint density at radius 3 is 2.46 bits per heavy atom. The van der Waals surface area contributed by atoms with Gasteiger partial charge in [-0.05, 0) is 37.1 Å². The van der Waals surface area contributed by atoms with Crippen LogP contribution in [0.3, 0.4) is 0 Å². The van der Waals surface area contributed by atoms with Crippen molar-refractivity contribution in [2.24, 2.45) is 0 Å². The minimum atomic E-state index is 0.311. The number of aromatic nitrogens is 2. The average Bonchev–Trinajstić information content (AvgIpc) is 3.37. The predicted molar refractivity (Wildman–Crippen MR) is 90.8 cm³/mol. The Morgan fingerprint density at radius 1 is 1.12 bits per heavy atom. The van der Waals surface area contributed by atoms with Crippen molar-refractivity contribution in [3.63, 3.8) is 0 Å². The molecule has 2 fully saturated rings. The van der Waals surface area contributed by atoms with Crippen LogP contribution in [0.5, 0.6) is 0 Å². The summed E-state index contributed by atoms with van der Waals surface area (Å²) in [6.45, 7) is 4.20. The van der Waals surface area contributed by atoms with Gasteiger partial charge in [0.15, 0.2) is 0 Å². The maximum absolute atomic E-state index is 5.80. The van der Waals surface area contributed by atoms with Crippen molar-refractivity contribution < 1.29 is 14.0 Å². The van der Waals surface area contributed by atoms with Gasteiger partial charge in [0.05, 0.1) is 18.8 Å². The van der Waals surface area contributed by atoms with Crippen LogP contribution in [0, 0.1) is 0 Å². The summed E-state index contributed by atoms with van der Waals surface area (Å²) in [5.74, 6) is 1.33. The summed E-state index contributed by atoms with van der Waals surface area (Å²) in [4.78, 5) is 6.89. The van der Waals surface area contributed by atoms with E-state index in [0.29, 0.717) is 30.5 Å². The summed E-state index contributed by atoms with van der Waals surface area (Å²) in [7, 11) is 0. The van der Waals surface area contributed by atoms with E-state index in [9.17, 15) is 0 Å². The number of hydrogen-bond acceptors (Lipinski definition) is 7. The van der Waals surface area contributed by atoms with E-state index in [1.54, 1.807) is 11.3 Å². The largest absolute Gasteiger partial charge is 0.377 e. The van der Waals surface area contributed by atoms with Crippen LogP contribution < -0.4 is 0 Å². The van der Waals surface area contributed by atoms with Gasteiger partial charge in [0.25, 0.3) is 0 Å². The number of ether oxygens (including phenoxy) is 2. The summed E-state index contributed by atoms with van der Waals surface area (Å²) in [6, 6.07) is 2.01. The smallest absolute Gasteiger partial charge is 0.241 e. The molecule has 0 spiro atoms. The summed E-state index contributed by atoms with van der Waals surface area (Å²) in [5, 5.41) is 8.16. The fourth-order valence-corrected chi connectivity index (χ4v) is 4.01. The highest BCUT2D eigenvalue weighted by molar-refractivity contribution is 7.08. The van der Waals surface area contributed by atoms with Crippen molar-refractivity contribution in [3.05, 3.63) is 22.7 Å². The van der Waals surface area contributed by atoms with Crippen molar-refractivity contribution >= 4 is 11.3 Å². The molecule has 0 unspecified atom stereocenters. The first kappa shape index (κ1) is 16.2. The molecule has 2 aromatic heterocycles. The van der Waals surface area contributed by atoms with Crippen LogP contribution in [0.2, 0.25) is 0 Å². The van der Waals surface area contributed by atoms with Gasteiger partial charge in [-0.3, -0.25) is 4.90 Å². The van der Waals surface area contributed by atoms with Crippen LogP contribution in [-0.4, -0.2) is 53.6 Å². The molecule has 2 aromatic rings. The number of rotatable bonds is 7. The van der Waals surface area contributed by atoms with Gasteiger partial charge in [0.1, 0.15) is 0 Å². The van der Waals surface area contributed by atoms with Gasteiger partial charge in [0, 0.05) is 37.2 Å². The lowest BCUT2D eigenvalue weighted by Crippen LogP contribution is -2.37. The fourth-order valence-electron chi connectivity index (χ4n) is 3.38. The summed E-state index contributed by atoms with van der Waals surface area (Å²) < 4.78 is 17.1. The molecular weight excluding hydrogens is 326 g/mol. The Kier molecular flexibility index (Phi) is 5.22. The maximum Gasteiger partial charge on any atom is 0.241 e. The van der Waals surface area contributed by atoms with E-state index < -0.39 is 0 Å². The molecule has 0 aromatic carbocycles. The Morgan fingerprint density at radius 2 is 1.88 bits per heavy atom. The van der Waals surface area contributed by atoms with Crippen molar-refractivity contribution in [1.82, 2.24) is 15.0 Å². The minimum absolute atomic E-state index is 0.311. The van der Waals surface area contributed by atoms with Gasteiger partial charge in [-0.15, -0.1) is 0 Å². The van der Waals surface area contributed by atoms with Crippen molar-refractivity contribution in [3.8, 4) is 11.4 Å². The molecule has 7 heteroatoms. The summed E-state index contributed by atoms with van der Waals surface area (Å²) >= 11 is 1.64. The lowest BCUT2D eigenvalue weighted by atomic mass is 10.2. The third kappa shape index (κ3) is 4.03. The third-order valence-corrected chi connectivity index (χ3v) is 5.26. The lowest BCUT2D eigenvalue weighted by Gasteiger charge is -2.26. The highest BCUT2D eigenvalue weighted by atomic mass is 32.1. The Labute approximate surface area is 145 Å². The summed E-state index contributed by atoms with van der Waals surface area (Å²) in [5.41, 5.74) is 1.01. The average molecular weight is 349 g/mol. The zero-order valence-corrected chi connectivity index (χ0v) is 14.5. The van der Waals surface area contributed by atoms with E-state index in [1.165, 1.54) is 0 Å². The van der Waals surface area contributed by atoms with Gasteiger partial charge in [0.2, 0.25) is 11.7 Å². The number of hydrogen-bond donors (Lipinski definition) is 0. The Hall–Kier alpha value is -1.28. The van der Waals surface area contributed by atoms with Crippen molar-refractivity contribution in [2.45, 2.75) is 44.4 Å². The van der Waals surface area contributed by atoms with E-state index in [4.69, 9.17) is 14.0 Å². The second-order valence-electron chi connectivity index (χ2n) is 6.49. The van der Waals surface area contributed by atoms with Crippen molar-refractivity contribution in [2.75, 3.05) is 26.3 Å². The second kappa shape index (κ2) is 7.74. The molecule has 0 amide bonds. The standard InChI is InChI=1S/C17H23N3O3S/c1-3-14(21-6-1)9-20(10-15-4-2-7-22-15)11-16-18-17(19-23-16)13-5-8-24-12-13/h5,8,12,14-15H,1-4,6-7,9-11H2/t14-,15-/m1/s1. The normalized spacial score (nSPS) is 24.2. The topological polar surface area (TPSA) is 60.6 Å². The van der Waals surface area contributed by atoms with E-state index in [1.807, 2.05) is 16.8 Å². The molecule has 0 bridgehead atoms. The zero-order chi connectivity index (χ0) is 16.2. The molecule has 0 N–H and O–H groups in total. The first-order valence-electron chi connectivity index (χ1n) is 8.67. The van der Waals surface area contributed by atoms with Crippen LogP contribution in [0.4, 0.5) is 0 Å². The van der Waals surface area contributed by atoms with Crippen LogP contribution in [0.15, 0.2) is 21.3 Å². The summed E-state index contributed by atoms with van der Waals surface area (Å²) in [6.07, 6.45) is 5.19. The maximum atomic E-state index is 5.80. The molecule has 130 valence electrons. The monoisotopic (exact) mass is 349 g/mol. The zero-order valence-electron chi connectivity index (χ0n) is 13.7. The van der Waals surface area contributed by atoms with Gasteiger partial charge in [-0.25, -0.2) is 0 Å². The van der Waals surface area contributed by atoms with Gasteiger partial charge in [-0.2, -0.15) is 16.3 Å². The fraction of sp³-hybridized carbons (Fsp3) is 0.647. The molecule has 2 aliphatic heterocycles. The van der Waals surface area contributed by atoms with Crippen LogP contribution in [-0.2, 0) is 16.0 Å². The highest BCUT2D eigenvalue weighted by Gasteiger charge is 2.25. The minimum Gasteiger partial charge on any atom is -0.377 e. The number of thiophene rings is 1. The molecule has 0 radical (unpaired) electrons. The molecule has 0 saturated carbocycles. The first-order chi connectivity index (χ1) is 11.9. The predicted octanol–water partition coefficient (Wildman–Crippen LogP) is 2.96. The molecule has 24 heavy (non-hydrogen) atoms. The van der Waals surface area contributed by atoms with Crippen molar-refractivity contribution in [1.29, 1.82) is 0 Å². The van der Waals surface area contributed by atoms with Gasteiger partial charge < -0.3 is 14.0 Å². The lowest BCUT2D eigenvalue weighted by molar-refractivity contribution is 0.0309. The van der Waals surface area contributed by atoms with E-state index >= 15 is 0 Å². The quantitative estimate of drug-likeness (QED) is 0.766. The highest BCUT2D eigenvalue weighted by Crippen LogP contribution is 2.21. The number of nitrogens with zero attached hydrogens (tertiary/aromatic N) is 3. The van der Waals surface area contributed by atoms with E-state index in [-0.39, 0.29) is 0 Å². The van der Waals surface area contributed by atoms with E-state index in [2.05, 4.69) is 15.0 Å². The molecule has 2 aliphatic rings. The van der Waals surface area contributed by atoms with Crippen LogP contribution in [0.25, 0.3) is 11.4 Å². The van der Waals surface area contributed by atoms with Crippen LogP contribution >= 0.6 is 11.3 Å². The molecule has 4 rings (SSSR count). The molecule has 2 atom stereocenters. The van der Waals surface area contributed by atoms with Gasteiger partial charge >= 0.3 is 0 Å². The van der Waals surface area contributed by atoms with Gasteiger partial charge in [-0.1, -0.05) is 5.16 Å². The third-order valence-electron chi connectivity index (χ3n) is 4.58.